The average Bonchev–Trinajstić information content (AvgIpc) is 3.25. The van der Waals surface area contributed by atoms with Gasteiger partial charge in [0.05, 0.1) is 54.2 Å². The number of carbonyl (C=O) groups excluding carboxylic acids is 1. The van der Waals surface area contributed by atoms with Crippen LogP contribution in [0, 0.1) is 6.92 Å². The van der Waals surface area contributed by atoms with Crippen molar-refractivity contribution in [1.82, 2.24) is 19.7 Å². The van der Waals surface area contributed by atoms with Crippen LogP contribution in [0.5, 0.6) is 5.75 Å². The molecule has 0 spiro atoms. The SMILES string of the molecule is Cc1cc(-c2cncc(OC(F)F)c2)nc2c1C(=O)N(c1cnn(C[C@@H](C)O)c1)C2. The number of aryl methyl sites for hydroxylation is 1. The highest BCUT2D eigenvalue weighted by molar-refractivity contribution is 6.10. The topological polar surface area (TPSA) is 93.4 Å². The van der Waals surface area contributed by atoms with Gasteiger partial charge >= 0.3 is 6.61 Å². The number of alkyl halides is 2. The van der Waals surface area contributed by atoms with E-state index in [2.05, 4.69) is 19.8 Å². The molecule has 0 radical (unpaired) electrons. The van der Waals surface area contributed by atoms with Crippen molar-refractivity contribution in [3.63, 3.8) is 0 Å². The van der Waals surface area contributed by atoms with Gasteiger partial charge in [0, 0.05) is 18.0 Å². The van der Waals surface area contributed by atoms with E-state index in [1.807, 2.05) is 0 Å². The summed E-state index contributed by atoms with van der Waals surface area (Å²) in [6.07, 6.45) is 5.40. The van der Waals surface area contributed by atoms with Crippen LogP contribution in [0.4, 0.5) is 14.5 Å². The molecule has 1 amide bonds. The standard InChI is InChI=1S/C20H19F2N5O3/c1-11-3-16(13-4-15(7-23-5-13)30-20(21)22)25-17-10-27(19(29)18(11)17)14-6-24-26(9-14)8-12(2)28/h3-7,9,12,20,28H,8,10H2,1-2H3/t12-/m1/s1. The second-order valence-electron chi connectivity index (χ2n) is 7.09. The van der Waals surface area contributed by atoms with E-state index in [0.29, 0.717) is 34.7 Å². The van der Waals surface area contributed by atoms with E-state index in [9.17, 15) is 18.7 Å². The number of amides is 1. The summed E-state index contributed by atoms with van der Waals surface area (Å²) in [6.45, 7) is 1.08. The molecule has 30 heavy (non-hydrogen) atoms. The van der Waals surface area contributed by atoms with Crippen molar-refractivity contribution < 1.29 is 23.4 Å². The van der Waals surface area contributed by atoms with Gasteiger partial charge in [-0.2, -0.15) is 13.9 Å². The molecule has 3 aromatic heterocycles. The number of aliphatic hydroxyl groups is 1. The van der Waals surface area contributed by atoms with Crippen LogP contribution in [0.3, 0.4) is 0 Å². The van der Waals surface area contributed by atoms with Crippen LogP contribution in [0.15, 0.2) is 36.9 Å². The fourth-order valence-electron chi connectivity index (χ4n) is 3.45. The Bertz CT molecular complexity index is 1100. The molecule has 1 atom stereocenters. The van der Waals surface area contributed by atoms with Crippen LogP contribution in [-0.4, -0.2) is 43.5 Å². The third-order valence-electron chi connectivity index (χ3n) is 4.68. The van der Waals surface area contributed by atoms with Gasteiger partial charge in [-0.3, -0.25) is 24.3 Å². The first-order valence-corrected chi connectivity index (χ1v) is 9.25. The lowest BCUT2D eigenvalue weighted by Crippen LogP contribution is -2.23. The summed E-state index contributed by atoms with van der Waals surface area (Å²) < 4.78 is 31.0. The van der Waals surface area contributed by atoms with Crippen LogP contribution in [-0.2, 0) is 13.1 Å². The van der Waals surface area contributed by atoms with Crippen molar-refractivity contribution in [1.29, 1.82) is 0 Å². The van der Waals surface area contributed by atoms with Crippen molar-refractivity contribution >= 4 is 11.6 Å². The van der Waals surface area contributed by atoms with Gasteiger partial charge in [0.25, 0.3) is 5.91 Å². The number of halogens is 2. The van der Waals surface area contributed by atoms with E-state index in [0.717, 1.165) is 5.56 Å². The summed E-state index contributed by atoms with van der Waals surface area (Å²) in [6, 6.07) is 3.15. The van der Waals surface area contributed by atoms with Crippen molar-refractivity contribution in [2.45, 2.75) is 39.7 Å². The van der Waals surface area contributed by atoms with Crippen LogP contribution < -0.4 is 9.64 Å². The Kier molecular flexibility index (Phi) is 5.17. The Morgan fingerprint density at radius 2 is 2.07 bits per heavy atom. The summed E-state index contributed by atoms with van der Waals surface area (Å²) in [4.78, 5) is 23.0. The van der Waals surface area contributed by atoms with E-state index in [-0.39, 0.29) is 18.2 Å². The number of hydrogen-bond acceptors (Lipinski definition) is 6. The maximum atomic E-state index is 13.0. The third kappa shape index (κ3) is 3.86. The zero-order chi connectivity index (χ0) is 21.4. The fraction of sp³-hybridized carbons (Fsp3) is 0.300. The Hall–Kier alpha value is -3.40. The minimum absolute atomic E-state index is 0.0642. The highest BCUT2D eigenvalue weighted by atomic mass is 19.3. The molecule has 0 saturated carbocycles. The summed E-state index contributed by atoms with van der Waals surface area (Å²) in [5.41, 5.74) is 3.44. The number of pyridine rings is 2. The molecule has 3 aromatic rings. The molecule has 0 saturated heterocycles. The van der Waals surface area contributed by atoms with E-state index in [4.69, 9.17) is 0 Å². The maximum absolute atomic E-state index is 13.0. The summed E-state index contributed by atoms with van der Waals surface area (Å²) in [7, 11) is 0. The molecule has 0 aromatic carbocycles. The Balaban J connectivity index is 1.64. The van der Waals surface area contributed by atoms with Crippen molar-refractivity contribution in [3.8, 4) is 17.0 Å². The minimum atomic E-state index is -2.95. The molecule has 4 rings (SSSR count). The highest BCUT2D eigenvalue weighted by Gasteiger charge is 2.32. The first-order chi connectivity index (χ1) is 14.3. The second kappa shape index (κ2) is 7.79. The second-order valence-corrected chi connectivity index (χ2v) is 7.09. The zero-order valence-corrected chi connectivity index (χ0v) is 16.3. The van der Waals surface area contributed by atoms with Gasteiger partial charge in [0.2, 0.25) is 0 Å². The highest BCUT2D eigenvalue weighted by Crippen LogP contribution is 2.32. The number of fused-ring (bicyclic) bond motifs is 1. The first-order valence-electron chi connectivity index (χ1n) is 9.25. The molecule has 4 heterocycles. The Labute approximate surface area is 170 Å². The molecule has 0 bridgehead atoms. The van der Waals surface area contributed by atoms with Gasteiger partial charge in [-0.15, -0.1) is 0 Å². The van der Waals surface area contributed by atoms with Crippen LogP contribution in [0.1, 0.15) is 28.5 Å². The zero-order valence-electron chi connectivity index (χ0n) is 16.3. The molecule has 0 aliphatic carbocycles. The molecular weight excluding hydrogens is 396 g/mol. The lowest BCUT2D eigenvalue weighted by atomic mass is 10.1. The molecule has 8 nitrogen and oxygen atoms in total. The molecule has 1 N–H and O–H groups in total. The predicted octanol–water partition coefficient (Wildman–Crippen LogP) is 2.79. The first kappa shape index (κ1) is 19.9. The summed E-state index contributed by atoms with van der Waals surface area (Å²) >= 11 is 0. The van der Waals surface area contributed by atoms with E-state index < -0.39 is 12.7 Å². The fourth-order valence-corrected chi connectivity index (χ4v) is 3.45. The van der Waals surface area contributed by atoms with Crippen LogP contribution in [0.2, 0.25) is 0 Å². The van der Waals surface area contributed by atoms with E-state index >= 15 is 0 Å². The minimum Gasteiger partial charge on any atom is -0.433 e. The van der Waals surface area contributed by atoms with Crippen molar-refractivity contribution in [2.24, 2.45) is 0 Å². The van der Waals surface area contributed by atoms with Gasteiger partial charge in [-0.1, -0.05) is 0 Å². The third-order valence-corrected chi connectivity index (χ3v) is 4.68. The number of ether oxygens (including phenoxy) is 1. The van der Waals surface area contributed by atoms with Gasteiger partial charge < -0.3 is 9.84 Å². The van der Waals surface area contributed by atoms with Crippen LogP contribution >= 0.6 is 0 Å². The number of aromatic nitrogens is 4. The van der Waals surface area contributed by atoms with Gasteiger partial charge in [0.1, 0.15) is 5.75 Å². The molecule has 0 fully saturated rings. The number of hydrogen-bond donors (Lipinski definition) is 1. The van der Waals surface area contributed by atoms with Gasteiger partial charge in [-0.05, 0) is 31.5 Å². The summed E-state index contributed by atoms with van der Waals surface area (Å²) in [5, 5.41) is 13.7. The van der Waals surface area contributed by atoms with Gasteiger partial charge in [-0.25, -0.2) is 0 Å². The monoisotopic (exact) mass is 415 g/mol. The lowest BCUT2D eigenvalue weighted by Gasteiger charge is -2.12. The van der Waals surface area contributed by atoms with Crippen molar-refractivity contribution in [2.75, 3.05) is 4.90 Å². The molecule has 156 valence electrons. The molecule has 1 aliphatic heterocycles. The molecular formula is C20H19F2N5O3. The van der Waals surface area contributed by atoms with Crippen LogP contribution in [0.25, 0.3) is 11.3 Å². The molecule has 0 unspecified atom stereocenters. The maximum Gasteiger partial charge on any atom is 0.387 e. The number of anilines is 1. The number of nitrogens with zero attached hydrogens (tertiary/aromatic N) is 5. The Morgan fingerprint density at radius 1 is 1.27 bits per heavy atom. The lowest BCUT2D eigenvalue weighted by molar-refractivity contribution is -0.0500. The number of aliphatic hydroxyl groups excluding tert-OH is 1. The average molecular weight is 415 g/mol. The smallest absolute Gasteiger partial charge is 0.387 e. The molecule has 10 heteroatoms. The van der Waals surface area contributed by atoms with Crippen molar-refractivity contribution in [3.05, 3.63) is 53.7 Å². The van der Waals surface area contributed by atoms with E-state index in [1.165, 1.54) is 18.5 Å². The number of rotatable bonds is 6. The quantitative estimate of drug-likeness (QED) is 0.666. The van der Waals surface area contributed by atoms with E-state index in [1.54, 1.807) is 41.9 Å². The normalized spacial score (nSPS) is 14.3. The molecule has 1 aliphatic rings. The largest absolute Gasteiger partial charge is 0.433 e. The summed E-state index contributed by atoms with van der Waals surface area (Å²) in [5.74, 6) is -0.253. The van der Waals surface area contributed by atoms with Gasteiger partial charge in [0.15, 0.2) is 0 Å². The number of carbonyl (C=O) groups is 1. The Morgan fingerprint density at radius 3 is 2.80 bits per heavy atom. The predicted molar refractivity (Wildman–Crippen MR) is 103 cm³/mol.